The third kappa shape index (κ3) is 5.84. The Hall–Kier alpha value is -2.82. The van der Waals surface area contributed by atoms with Crippen LogP contribution in [0.25, 0.3) is 0 Å². The highest BCUT2D eigenvalue weighted by molar-refractivity contribution is 5.74. The molecule has 150 valence electrons. The predicted octanol–water partition coefficient (Wildman–Crippen LogP) is 4.89. The van der Waals surface area contributed by atoms with Gasteiger partial charge < -0.3 is 14.6 Å². The highest BCUT2D eigenvalue weighted by Crippen LogP contribution is 2.30. The van der Waals surface area contributed by atoms with Gasteiger partial charge in [-0.1, -0.05) is 49.4 Å². The van der Waals surface area contributed by atoms with Crippen molar-refractivity contribution in [1.82, 2.24) is 4.90 Å². The van der Waals surface area contributed by atoms with Crippen molar-refractivity contribution in [1.29, 1.82) is 0 Å². The van der Waals surface area contributed by atoms with E-state index in [1.165, 1.54) is 4.90 Å². The van der Waals surface area contributed by atoms with Gasteiger partial charge in [0, 0.05) is 0 Å². The van der Waals surface area contributed by atoms with Crippen molar-refractivity contribution < 1.29 is 19.4 Å². The number of carbonyl (C=O) groups is 2. The Morgan fingerprint density at radius 3 is 2.21 bits per heavy atom. The van der Waals surface area contributed by atoms with E-state index in [0.29, 0.717) is 12.8 Å². The topological polar surface area (TPSA) is 66.8 Å². The summed E-state index contributed by atoms with van der Waals surface area (Å²) >= 11 is 0. The van der Waals surface area contributed by atoms with Gasteiger partial charge in [0.05, 0.1) is 12.1 Å². The maximum Gasteiger partial charge on any atom is 0.411 e. The average Bonchev–Trinajstić information content (AvgIpc) is 2.65. The molecule has 0 spiro atoms. The van der Waals surface area contributed by atoms with Gasteiger partial charge in [-0.05, 0) is 56.9 Å². The van der Waals surface area contributed by atoms with E-state index in [1.807, 2.05) is 37.3 Å². The van der Waals surface area contributed by atoms with E-state index in [4.69, 9.17) is 4.74 Å². The summed E-state index contributed by atoms with van der Waals surface area (Å²) in [5.41, 5.74) is 1.13. The van der Waals surface area contributed by atoms with Gasteiger partial charge in [-0.3, -0.25) is 4.90 Å². The summed E-state index contributed by atoms with van der Waals surface area (Å²) in [5.74, 6) is 0.152. The maximum absolute atomic E-state index is 13.1. The van der Waals surface area contributed by atoms with Crippen molar-refractivity contribution in [3.8, 4) is 5.75 Å². The molecule has 1 amide bonds. The molecule has 0 aliphatic carbocycles. The minimum atomic E-state index is -0.678. The number of aldehydes is 1. The van der Waals surface area contributed by atoms with E-state index in [9.17, 15) is 14.7 Å². The number of hydrogen-bond acceptors (Lipinski definition) is 4. The standard InChI is InChI=1S/C23H29NO4/c1-5-21(18-11-13-20(26)14-12-18)24(22(27)28-23(2,3)4)19(16-25)15-17-9-7-6-8-10-17/h6-14,16,19,21,26H,5,15H2,1-4H3/t19-,21?/m0/s1. The summed E-state index contributed by atoms with van der Waals surface area (Å²) in [6.45, 7) is 7.37. The Bertz CT molecular complexity index is 765. The number of ether oxygens (including phenoxy) is 1. The van der Waals surface area contributed by atoms with Crippen LogP contribution in [0.2, 0.25) is 0 Å². The average molecular weight is 383 g/mol. The molecule has 28 heavy (non-hydrogen) atoms. The molecule has 0 aliphatic heterocycles. The third-order valence-corrected chi connectivity index (χ3v) is 4.41. The van der Waals surface area contributed by atoms with Crippen LogP contribution >= 0.6 is 0 Å². The first-order chi connectivity index (χ1) is 13.2. The molecule has 0 aliphatic rings. The molecule has 0 fully saturated rings. The van der Waals surface area contributed by atoms with E-state index >= 15 is 0 Å². The molecular formula is C23H29NO4. The summed E-state index contributed by atoms with van der Waals surface area (Å²) in [6, 6.07) is 15.3. The molecule has 0 heterocycles. The predicted molar refractivity (Wildman–Crippen MR) is 109 cm³/mol. The zero-order valence-electron chi connectivity index (χ0n) is 17.0. The molecule has 0 saturated heterocycles. The molecule has 5 heteroatoms. The maximum atomic E-state index is 13.1. The molecule has 2 aromatic rings. The highest BCUT2D eigenvalue weighted by Gasteiger charge is 2.34. The first-order valence-corrected chi connectivity index (χ1v) is 9.54. The molecule has 2 atom stereocenters. The normalized spacial score (nSPS) is 13.4. The van der Waals surface area contributed by atoms with Crippen LogP contribution in [0.1, 0.15) is 51.3 Å². The zero-order valence-corrected chi connectivity index (χ0v) is 17.0. The van der Waals surface area contributed by atoms with Crippen LogP contribution in [0.3, 0.4) is 0 Å². The van der Waals surface area contributed by atoms with Gasteiger partial charge in [0.15, 0.2) is 0 Å². The van der Waals surface area contributed by atoms with Gasteiger partial charge in [-0.15, -0.1) is 0 Å². The lowest BCUT2D eigenvalue weighted by molar-refractivity contribution is -0.113. The molecule has 1 unspecified atom stereocenters. The molecule has 0 aromatic heterocycles. The number of amides is 1. The lowest BCUT2D eigenvalue weighted by Gasteiger charge is -2.37. The first kappa shape index (κ1) is 21.5. The van der Waals surface area contributed by atoms with Gasteiger partial charge in [0.2, 0.25) is 0 Å². The van der Waals surface area contributed by atoms with Crippen molar-refractivity contribution >= 4 is 12.4 Å². The lowest BCUT2D eigenvalue weighted by Crippen LogP contribution is -2.47. The van der Waals surface area contributed by atoms with E-state index in [2.05, 4.69) is 0 Å². The fourth-order valence-corrected chi connectivity index (χ4v) is 3.17. The molecule has 2 aromatic carbocycles. The van der Waals surface area contributed by atoms with E-state index in [-0.39, 0.29) is 11.8 Å². The molecular weight excluding hydrogens is 354 g/mol. The third-order valence-electron chi connectivity index (χ3n) is 4.41. The first-order valence-electron chi connectivity index (χ1n) is 9.54. The molecule has 0 saturated carbocycles. The number of hydrogen-bond donors (Lipinski definition) is 1. The van der Waals surface area contributed by atoms with Gasteiger partial charge >= 0.3 is 6.09 Å². The summed E-state index contributed by atoms with van der Waals surface area (Å²) in [6.07, 6.45) is 1.28. The van der Waals surface area contributed by atoms with Crippen LogP contribution < -0.4 is 0 Å². The Balaban J connectivity index is 2.42. The molecule has 5 nitrogen and oxygen atoms in total. The van der Waals surface area contributed by atoms with Crippen molar-refractivity contribution in [3.63, 3.8) is 0 Å². The lowest BCUT2D eigenvalue weighted by atomic mass is 9.98. The van der Waals surface area contributed by atoms with Crippen LogP contribution in [0, 0.1) is 0 Å². The monoisotopic (exact) mass is 383 g/mol. The molecule has 0 radical (unpaired) electrons. The summed E-state index contributed by atoms with van der Waals surface area (Å²) in [5, 5.41) is 9.60. The Labute approximate surface area is 166 Å². The Morgan fingerprint density at radius 1 is 1.11 bits per heavy atom. The molecule has 2 rings (SSSR count). The van der Waals surface area contributed by atoms with E-state index < -0.39 is 17.7 Å². The molecule has 1 N–H and O–H groups in total. The number of benzene rings is 2. The number of phenols is 1. The largest absolute Gasteiger partial charge is 0.508 e. The van der Waals surface area contributed by atoms with Gasteiger partial charge in [-0.2, -0.15) is 0 Å². The van der Waals surface area contributed by atoms with Crippen LogP contribution in [0.15, 0.2) is 54.6 Å². The molecule has 0 bridgehead atoms. The van der Waals surface area contributed by atoms with Gasteiger partial charge in [0.25, 0.3) is 0 Å². The number of aromatic hydroxyl groups is 1. The van der Waals surface area contributed by atoms with Crippen molar-refractivity contribution in [2.24, 2.45) is 0 Å². The quantitative estimate of drug-likeness (QED) is 0.691. The Kier molecular flexibility index (Phi) is 7.21. The van der Waals surface area contributed by atoms with Crippen LogP contribution in [0.4, 0.5) is 4.79 Å². The van der Waals surface area contributed by atoms with Crippen molar-refractivity contribution in [3.05, 3.63) is 65.7 Å². The fraction of sp³-hybridized carbons (Fsp3) is 0.391. The van der Waals surface area contributed by atoms with Gasteiger partial charge in [0.1, 0.15) is 17.6 Å². The summed E-state index contributed by atoms with van der Waals surface area (Å²) < 4.78 is 5.63. The van der Waals surface area contributed by atoms with E-state index in [1.54, 1.807) is 45.0 Å². The van der Waals surface area contributed by atoms with Crippen molar-refractivity contribution in [2.75, 3.05) is 0 Å². The number of carbonyl (C=O) groups excluding carboxylic acids is 2. The SMILES string of the molecule is CCC(c1ccc(O)cc1)N(C(=O)OC(C)(C)C)[C@H](C=O)Cc1ccccc1. The van der Waals surface area contributed by atoms with Crippen LogP contribution in [-0.2, 0) is 16.0 Å². The summed E-state index contributed by atoms with van der Waals surface area (Å²) in [7, 11) is 0. The smallest absolute Gasteiger partial charge is 0.411 e. The second-order valence-electron chi connectivity index (χ2n) is 7.80. The second kappa shape index (κ2) is 9.40. The highest BCUT2D eigenvalue weighted by atomic mass is 16.6. The van der Waals surface area contributed by atoms with Crippen LogP contribution in [-0.4, -0.2) is 34.0 Å². The zero-order chi connectivity index (χ0) is 20.7. The van der Waals surface area contributed by atoms with Gasteiger partial charge in [-0.25, -0.2) is 4.79 Å². The van der Waals surface area contributed by atoms with Crippen LogP contribution in [0.5, 0.6) is 5.75 Å². The number of rotatable bonds is 7. The minimum Gasteiger partial charge on any atom is -0.508 e. The summed E-state index contributed by atoms with van der Waals surface area (Å²) in [4.78, 5) is 26.6. The Morgan fingerprint density at radius 2 is 1.71 bits per heavy atom. The number of phenolic OH excluding ortho intramolecular Hbond substituents is 1. The number of nitrogens with zero attached hydrogens (tertiary/aromatic N) is 1. The van der Waals surface area contributed by atoms with Crippen molar-refractivity contribution in [2.45, 2.75) is 58.2 Å². The second-order valence-corrected chi connectivity index (χ2v) is 7.80. The van der Waals surface area contributed by atoms with E-state index in [0.717, 1.165) is 17.4 Å². The minimum absolute atomic E-state index is 0.152. The fourth-order valence-electron chi connectivity index (χ4n) is 3.17.